The van der Waals surface area contributed by atoms with Crippen molar-refractivity contribution in [3.8, 4) is 0 Å². The van der Waals surface area contributed by atoms with Crippen LogP contribution in [0.15, 0.2) is 30.5 Å². The molecule has 0 unspecified atom stereocenters. The van der Waals surface area contributed by atoms with Crippen LogP contribution in [0.2, 0.25) is 0 Å². The number of rotatable bonds is 1. The third kappa shape index (κ3) is 1.24. The molecule has 2 rings (SSSR count). The molecular weight excluding hydrogens is 166 g/mol. The van der Waals surface area contributed by atoms with Crippen LogP contribution in [-0.2, 0) is 0 Å². The van der Waals surface area contributed by atoms with Gasteiger partial charge in [0.1, 0.15) is 0 Å². The summed E-state index contributed by atoms with van der Waals surface area (Å²) in [7, 11) is 0. The van der Waals surface area contributed by atoms with E-state index in [2.05, 4.69) is 11.1 Å². The van der Waals surface area contributed by atoms with Gasteiger partial charge in [-0.15, -0.1) is 0 Å². The summed E-state index contributed by atoms with van der Waals surface area (Å²) in [6.07, 6.45) is 1.47. The number of pyridine rings is 1. The average Bonchev–Trinajstić information content (AvgIpc) is 2.17. The van der Waals surface area contributed by atoms with E-state index in [0.29, 0.717) is 5.39 Å². The zero-order chi connectivity index (χ0) is 9.26. The van der Waals surface area contributed by atoms with Crippen LogP contribution < -0.4 is 0 Å². The standard InChI is InChI=1S/C10H6NO2/c12-10(13)9-8-4-2-1-3-7(8)5-6-11-9/h1-2,4-6H,(H,12,13). The van der Waals surface area contributed by atoms with Gasteiger partial charge in [-0.05, 0) is 17.5 Å². The van der Waals surface area contributed by atoms with E-state index in [-0.39, 0.29) is 5.69 Å². The Balaban J connectivity index is 2.83. The van der Waals surface area contributed by atoms with Crippen molar-refractivity contribution >= 4 is 16.7 Å². The Kier molecular flexibility index (Phi) is 1.70. The highest BCUT2D eigenvalue weighted by atomic mass is 16.4. The van der Waals surface area contributed by atoms with Crippen LogP contribution in [0.1, 0.15) is 10.5 Å². The van der Waals surface area contributed by atoms with Crippen molar-refractivity contribution in [1.82, 2.24) is 4.98 Å². The molecule has 0 aliphatic carbocycles. The van der Waals surface area contributed by atoms with Crippen molar-refractivity contribution in [3.05, 3.63) is 42.2 Å². The van der Waals surface area contributed by atoms with Gasteiger partial charge in [-0.2, -0.15) is 0 Å². The number of nitrogens with zero attached hydrogens (tertiary/aromatic N) is 1. The highest BCUT2D eigenvalue weighted by Gasteiger charge is 2.08. The van der Waals surface area contributed by atoms with Crippen LogP contribution in [-0.4, -0.2) is 16.1 Å². The molecule has 0 bridgehead atoms. The average molecular weight is 172 g/mol. The minimum atomic E-state index is -1.01. The minimum Gasteiger partial charge on any atom is -0.476 e. The minimum absolute atomic E-state index is 0.0781. The van der Waals surface area contributed by atoms with Crippen molar-refractivity contribution < 1.29 is 9.90 Å². The van der Waals surface area contributed by atoms with Crippen LogP contribution in [0.3, 0.4) is 0 Å². The first-order valence-corrected chi connectivity index (χ1v) is 3.78. The van der Waals surface area contributed by atoms with Gasteiger partial charge in [-0.25, -0.2) is 9.78 Å². The molecule has 0 aliphatic rings. The Morgan fingerprint density at radius 3 is 3.08 bits per heavy atom. The third-order valence-corrected chi connectivity index (χ3v) is 1.79. The van der Waals surface area contributed by atoms with E-state index < -0.39 is 5.97 Å². The van der Waals surface area contributed by atoms with Gasteiger partial charge in [0, 0.05) is 11.6 Å². The second-order valence-electron chi connectivity index (χ2n) is 2.60. The van der Waals surface area contributed by atoms with E-state index in [0.717, 1.165) is 5.39 Å². The first-order chi connectivity index (χ1) is 6.29. The molecule has 0 aliphatic heterocycles. The highest BCUT2D eigenvalue weighted by Crippen LogP contribution is 2.15. The van der Waals surface area contributed by atoms with E-state index in [1.165, 1.54) is 6.20 Å². The zero-order valence-corrected chi connectivity index (χ0v) is 6.69. The van der Waals surface area contributed by atoms with Crippen molar-refractivity contribution in [2.45, 2.75) is 0 Å². The number of hydrogen-bond acceptors (Lipinski definition) is 2. The number of benzene rings is 1. The summed E-state index contributed by atoms with van der Waals surface area (Å²) in [5.74, 6) is -1.01. The fourth-order valence-electron chi connectivity index (χ4n) is 1.22. The predicted octanol–water partition coefficient (Wildman–Crippen LogP) is 1.73. The van der Waals surface area contributed by atoms with Gasteiger partial charge in [-0.3, -0.25) is 0 Å². The molecule has 3 nitrogen and oxygen atoms in total. The van der Waals surface area contributed by atoms with E-state index in [1.54, 1.807) is 24.3 Å². The van der Waals surface area contributed by atoms with Gasteiger partial charge >= 0.3 is 5.97 Å². The zero-order valence-electron chi connectivity index (χ0n) is 6.69. The number of hydrogen-bond donors (Lipinski definition) is 1. The number of carboxylic acids is 1. The third-order valence-electron chi connectivity index (χ3n) is 1.79. The lowest BCUT2D eigenvalue weighted by Gasteiger charge is -1.98. The summed E-state index contributed by atoms with van der Waals surface area (Å²) >= 11 is 0. The van der Waals surface area contributed by atoms with Gasteiger partial charge in [0.15, 0.2) is 5.69 Å². The number of aromatic nitrogens is 1. The number of fused-ring (bicyclic) bond motifs is 1. The van der Waals surface area contributed by atoms with Crippen molar-refractivity contribution in [1.29, 1.82) is 0 Å². The van der Waals surface area contributed by atoms with E-state index >= 15 is 0 Å². The summed E-state index contributed by atoms with van der Waals surface area (Å²) in [5.41, 5.74) is 0.0781. The molecule has 13 heavy (non-hydrogen) atoms. The maximum atomic E-state index is 10.7. The molecule has 0 spiro atoms. The van der Waals surface area contributed by atoms with Gasteiger partial charge in [0.05, 0.1) is 0 Å². The highest BCUT2D eigenvalue weighted by molar-refractivity contribution is 6.01. The Labute approximate surface area is 74.7 Å². The maximum Gasteiger partial charge on any atom is 0.355 e. The Bertz CT molecular complexity index is 460. The molecule has 2 aromatic rings. The smallest absolute Gasteiger partial charge is 0.355 e. The van der Waals surface area contributed by atoms with Gasteiger partial charge in [-0.1, -0.05) is 18.2 Å². The maximum absolute atomic E-state index is 10.7. The topological polar surface area (TPSA) is 50.2 Å². The quantitative estimate of drug-likeness (QED) is 0.712. The summed E-state index contributed by atoms with van der Waals surface area (Å²) in [6.45, 7) is 0. The molecule has 0 saturated carbocycles. The molecule has 0 saturated heterocycles. The van der Waals surface area contributed by atoms with Crippen molar-refractivity contribution in [2.24, 2.45) is 0 Å². The lowest BCUT2D eigenvalue weighted by atomic mass is 10.1. The molecule has 0 amide bonds. The predicted molar refractivity (Wildman–Crippen MR) is 47.5 cm³/mol. The largest absolute Gasteiger partial charge is 0.476 e. The van der Waals surface area contributed by atoms with Crippen LogP contribution >= 0.6 is 0 Å². The summed E-state index contributed by atoms with van der Waals surface area (Å²) < 4.78 is 0. The summed E-state index contributed by atoms with van der Waals surface area (Å²) in [5, 5.41) is 10.2. The monoisotopic (exact) mass is 172 g/mol. The second kappa shape index (κ2) is 2.86. The lowest BCUT2D eigenvalue weighted by molar-refractivity contribution is 0.0693. The molecule has 1 radical (unpaired) electrons. The fraction of sp³-hybridized carbons (Fsp3) is 0. The Morgan fingerprint density at radius 2 is 2.31 bits per heavy atom. The molecule has 1 N–H and O–H groups in total. The molecule has 3 heteroatoms. The Hall–Kier alpha value is -1.90. The van der Waals surface area contributed by atoms with Crippen LogP contribution in [0.4, 0.5) is 0 Å². The molecule has 0 fully saturated rings. The normalized spacial score (nSPS) is 10.2. The van der Waals surface area contributed by atoms with E-state index in [1.807, 2.05) is 0 Å². The summed E-state index contributed by atoms with van der Waals surface area (Å²) in [6, 6.07) is 9.90. The Morgan fingerprint density at radius 1 is 1.46 bits per heavy atom. The van der Waals surface area contributed by atoms with Gasteiger partial charge in [0.2, 0.25) is 0 Å². The summed E-state index contributed by atoms with van der Waals surface area (Å²) in [4.78, 5) is 14.5. The SMILES string of the molecule is O=C(O)c1nccc2[c]cccc12. The van der Waals surface area contributed by atoms with Gasteiger partial charge < -0.3 is 5.11 Å². The second-order valence-corrected chi connectivity index (χ2v) is 2.60. The number of aromatic carboxylic acids is 1. The van der Waals surface area contributed by atoms with E-state index in [9.17, 15) is 4.79 Å². The molecular formula is C10H6NO2. The number of carbonyl (C=O) groups is 1. The van der Waals surface area contributed by atoms with Crippen LogP contribution in [0.25, 0.3) is 10.8 Å². The lowest BCUT2D eigenvalue weighted by Crippen LogP contribution is -2.00. The molecule has 1 aromatic carbocycles. The molecule has 1 heterocycles. The van der Waals surface area contributed by atoms with Gasteiger partial charge in [0.25, 0.3) is 0 Å². The first-order valence-electron chi connectivity index (χ1n) is 3.78. The molecule has 0 atom stereocenters. The van der Waals surface area contributed by atoms with E-state index in [4.69, 9.17) is 5.11 Å². The van der Waals surface area contributed by atoms with Crippen LogP contribution in [0, 0.1) is 6.07 Å². The molecule has 1 aromatic heterocycles. The van der Waals surface area contributed by atoms with Crippen molar-refractivity contribution in [2.75, 3.05) is 0 Å². The van der Waals surface area contributed by atoms with Crippen molar-refractivity contribution in [3.63, 3.8) is 0 Å². The number of carboxylic acid groups (broad SMARTS) is 1. The van der Waals surface area contributed by atoms with Crippen LogP contribution in [0.5, 0.6) is 0 Å². The fourth-order valence-corrected chi connectivity index (χ4v) is 1.22. The first kappa shape index (κ1) is 7.73. The molecule has 63 valence electrons.